The average molecular weight is 465 g/mol. The summed E-state index contributed by atoms with van der Waals surface area (Å²) in [6.45, 7) is 2.58. The van der Waals surface area contributed by atoms with Gasteiger partial charge < -0.3 is 19.7 Å². The fraction of sp³-hybridized carbons (Fsp3) is 0.769. The molecule has 5 aliphatic carbocycles. The van der Waals surface area contributed by atoms with Crippen molar-refractivity contribution >= 4 is 11.6 Å². The Morgan fingerprint density at radius 3 is 2.73 bits per heavy atom. The summed E-state index contributed by atoms with van der Waals surface area (Å²) in [6, 6.07) is 0. The molecule has 0 radical (unpaired) electrons. The molecule has 0 bridgehead atoms. The minimum Gasteiger partial charge on any atom is -0.390 e. The summed E-state index contributed by atoms with van der Waals surface area (Å²) in [4.78, 5) is 25.6. The van der Waals surface area contributed by atoms with Crippen molar-refractivity contribution in [1.29, 1.82) is 0 Å². The van der Waals surface area contributed by atoms with E-state index in [1.54, 1.807) is 19.9 Å². The van der Waals surface area contributed by atoms with Gasteiger partial charge in [-0.2, -0.15) is 0 Å². The maximum Gasteiger partial charge on any atom is 0.193 e. The van der Waals surface area contributed by atoms with Gasteiger partial charge in [-0.05, 0) is 63.4 Å². The summed E-state index contributed by atoms with van der Waals surface area (Å²) in [5.74, 6) is -3.77. The van der Waals surface area contributed by atoms with Gasteiger partial charge in [0.05, 0.1) is 12.2 Å². The molecule has 33 heavy (non-hydrogen) atoms. The lowest BCUT2D eigenvalue weighted by atomic mass is 9.44. The number of Topliss-reactive ketones (excluding diaryl/α,β-unsaturated/α-hetero) is 1. The maximum absolute atomic E-state index is 17.4. The Bertz CT molecular complexity index is 1140. The molecule has 5 fully saturated rings. The topological polar surface area (TPSA) is 93.1 Å². The number of allylic oxidation sites excluding steroid dienone is 4. The van der Waals surface area contributed by atoms with Gasteiger partial charge in [0.2, 0.25) is 0 Å². The molecule has 0 aromatic rings. The van der Waals surface area contributed by atoms with E-state index in [1.165, 1.54) is 12.2 Å². The molecule has 0 aromatic heterocycles. The lowest BCUT2D eigenvalue weighted by molar-refractivity contribution is -0.253. The SMILES string of the molecule is [2H]C1([2H])CC2(CC1([2H])[2H])O[C@@H]1C[C@H]3[C@@H]4CCC5=CC(=O)C=C[C@]5(C)[C@@]4(F)[C@@H](O)C[C@]3(C)[C@]1(C(=O)CO)O2. The fourth-order valence-corrected chi connectivity index (χ4v) is 8.36. The normalized spacial score (nSPS) is 56.5. The van der Waals surface area contributed by atoms with Crippen molar-refractivity contribution < 1.29 is 39.1 Å². The van der Waals surface area contributed by atoms with E-state index in [-0.39, 0.29) is 18.6 Å². The van der Waals surface area contributed by atoms with Crippen LogP contribution in [0.2, 0.25) is 0 Å². The largest absolute Gasteiger partial charge is 0.390 e. The third-order valence-electron chi connectivity index (χ3n) is 9.90. The van der Waals surface area contributed by atoms with Crippen molar-refractivity contribution in [3.05, 3.63) is 23.8 Å². The summed E-state index contributed by atoms with van der Waals surface area (Å²) in [6.07, 6.45) is -2.66. The zero-order valence-electron chi connectivity index (χ0n) is 22.9. The first-order valence-corrected chi connectivity index (χ1v) is 11.9. The maximum atomic E-state index is 17.4. The van der Waals surface area contributed by atoms with E-state index in [4.69, 9.17) is 15.0 Å². The zero-order chi connectivity index (χ0) is 27.0. The van der Waals surface area contributed by atoms with E-state index in [1.807, 2.05) is 0 Å². The molecule has 0 unspecified atom stereocenters. The van der Waals surface area contributed by atoms with Crippen LogP contribution in [0.25, 0.3) is 0 Å². The van der Waals surface area contributed by atoms with Gasteiger partial charge in [-0.15, -0.1) is 0 Å². The Morgan fingerprint density at radius 2 is 2.03 bits per heavy atom. The summed E-state index contributed by atoms with van der Waals surface area (Å²) in [7, 11) is 0. The van der Waals surface area contributed by atoms with Gasteiger partial charge in [0.15, 0.2) is 28.6 Å². The number of rotatable bonds is 2. The Hall–Kier alpha value is -1.41. The lowest BCUT2D eigenvalue weighted by Crippen LogP contribution is -2.70. The van der Waals surface area contributed by atoms with Crippen LogP contribution in [-0.4, -0.2) is 57.7 Å². The molecule has 180 valence electrons. The van der Waals surface area contributed by atoms with Crippen LogP contribution >= 0.6 is 0 Å². The monoisotopic (exact) mass is 464 g/mol. The highest BCUT2D eigenvalue weighted by molar-refractivity contribution is 6.01. The average Bonchev–Trinajstić information content (AvgIpc) is 3.29. The third-order valence-corrected chi connectivity index (χ3v) is 9.90. The molecule has 6 nitrogen and oxygen atoms in total. The van der Waals surface area contributed by atoms with Crippen LogP contribution in [0.1, 0.15) is 70.6 Å². The van der Waals surface area contributed by atoms with Gasteiger partial charge in [0, 0.05) is 35.1 Å². The van der Waals surface area contributed by atoms with Crippen molar-refractivity contribution in [3.63, 3.8) is 0 Å². The Morgan fingerprint density at radius 1 is 1.30 bits per heavy atom. The van der Waals surface area contributed by atoms with Crippen LogP contribution < -0.4 is 0 Å². The summed E-state index contributed by atoms with van der Waals surface area (Å²) in [5, 5.41) is 21.6. The van der Waals surface area contributed by atoms with E-state index in [0.717, 1.165) is 0 Å². The van der Waals surface area contributed by atoms with Gasteiger partial charge in [-0.3, -0.25) is 9.59 Å². The van der Waals surface area contributed by atoms with Crippen molar-refractivity contribution in [2.45, 2.75) is 94.4 Å². The number of hydrogen-bond acceptors (Lipinski definition) is 6. The first-order valence-electron chi connectivity index (χ1n) is 13.9. The predicted molar refractivity (Wildman–Crippen MR) is 116 cm³/mol. The quantitative estimate of drug-likeness (QED) is 0.653. The van der Waals surface area contributed by atoms with Gasteiger partial charge in [-0.25, -0.2) is 4.39 Å². The second kappa shape index (κ2) is 6.62. The van der Waals surface area contributed by atoms with Crippen molar-refractivity contribution in [3.8, 4) is 0 Å². The highest BCUT2D eigenvalue weighted by atomic mass is 19.1. The number of carbonyl (C=O) groups is 2. The second-order valence-electron chi connectivity index (χ2n) is 11.1. The third kappa shape index (κ3) is 2.38. The van der Waals surface area contributed by atoms with Crippen LogP contribution in [0.15, 0.2) is 23.8 Å². The number of alkyl halides is 1. The summed E-state index contributed by atoms with van der Waals surface area (Å²) < 4.78 is 62.9. The number of hydrogen-bond donors (Lipinski definition) is 2. The fourth-order valence-electron chi connectivity index (χ4n) is 8.36. The van der Waals surface area contributed by atoms with Gasteiger partial charge >= 0.3 is 0 Å². The zero-order valence-corrected chi connectivity index (χ0v) is 18.9. The molecule has 1 spiro atoms. The number of aliphatic hydroxyl groups excluding tert-OH is 2. The molecule has 1 heterocycles. The second-order valence-corrected chi connectivity index (χ2v) is 11.1. The molecule has 8 atom stereocenters. The molecule has 1 aliphatic heterocycles. The molecule has 0 amide bonds. The molecule has 4 saturated carbocycles. The first-order chi connectivity index (χ1) is 17.0. The first kappa shape index (κ1) is 17.9. The molecule has 1 saturated heterocycles. The number of halogens is 1. The standard InChI is InChI=1S/C26H33FO6/c1-22-10-7-16(29)11-15(22)5-6-17-18-12-21-26(20(31)14-28,33-24(32-21)8-3-4-9-24)23(18,2)13-19(30)25(17,22)27/h7,10-11,17-19,21,28,30H,3-6,8-9,12-14H2,1-2H3/t17-,18-,19-,21+,22-,23-,25-,26+/m0/s1/i3D2,4D2. The number of ether oxygens (including phenoxy) is 2. The highest BCUT2D eigenvalue weighted by Gasteiger charge is 2.80. The van der Waals surface area contributed by atoms with Gasteiger partial charge in [-0.1, -0.05) is 18.6 Å². The van der Waals surface area contributed by atoms with Crippen LogP contribution in [-0.2, 0) is 19.1 Å². The minimum absolute atomic E-state index is 0.170. The van der Waals surface area contributed by atoms with Crippen LogP contribution in [0.4, 0.5) is 4.39 Å². The van der Waals surface area contributed by atoms with Crippen molar-refractivity contribution in [2.75, 3.05) is 6.61 Å². The molecule has 0 aromatic carbocycles. The van der Waals surface area contributed by atoms with Gasteiger partial charge in [0.1, 0.15) is 6.61 Å². The van der Waals surface area contributed by atoms with E-state index in [0.29, 0.717) is 18.4 Å². The Balaban J connectivity index is 1.44. The number of fused-ring (bicyclic) bond motifs is 7. The van der Waals surface area contributed by atoms with Crippen LogP contribution in [0, 0.1) is 22.7 Å². The van der Waals surface area contributed by atoms with Crippen LogP contribution in [0.3, 0.4) is 0 Å². The van der Waals surface area contributed by atoms with E-state index < -0.39 is 89.9 Å². The van der Waals surface area contributed by atoms with Crippen molar-refractivity contribution in [1.82, 2.24) is 0 Å². The van der Waals surface area contributed by atoms with Crippen molar-refractivity contribution in [2.24, 2.45) is 22.7 Å². The lowest BCUT2D eigenvalue weighted by Gasteiger charge is -2.62. The Kier molecular flexibility index (Phi) is 3.60. The number of ketones is 2. The Labute approximate surface area is 198 Å². The predicted octanol–water partition coefficient (Wildman–Crippen LogP) is 2.95. The smallest absolute Gasteiger partial charge is 0.193 e. The minimum atomic E-state index is -2.26. The molecule has 6 rings (SSSR count). The molecule has 7 heteroatoms. The number of aliphatic hydroxyl groups is 2. The van der Waals surface area contributed by atoms with E-state index in [9.17, 15) is 19.8 Å². The molecular weight excluding hydrogens is 427 g/mol. The highest BCUT2D eigenvalue weighted by Crippen LogP contribution is 2.73. The molecule has 2 N–H and O–H groups in total. The van der Waals surface area contributed by atoms with E-state index in [2.05, 4.69) is 0 Å². The van der Waals surface area contributed by atoms with Gasteiger partial charge in [0.25, 0.3) is 0 Å². The molecular formula is C26H33FO6. The van der Waals surface area contributed by atoms with Crippen LogP contribution in [0.5, 0.6) is 0 Å². The molecule has 6 aliphatic rings. The summed E-state index contributed by atoms with van der Waals surface area (Å²) >= 11 is 0. The number of carbonyl (C=O) groups excluding carboxylic acids is 2. The summed E-state index contributed by atoms with van der Waals surface area (Å²) in [5.41, 5.74) is -5.60. The van der Waals surface area contributed by atoms with E-state index >= 15 is 4.39 Å².